The van der Waals surface area contributed by atoms with Gasteiger partial charge in [-0.15, -0.1) is 0 Å². The van der Waals surface area contributed by atoms with E-state index in [1.54, 1.807) is 7.11 Å². The number of carbonyl (C=O) groups excluding carboxylic acids is 1. The van der Waals surface area contributed by atoms with Crippen molar-refractivity contribution < 1.29 is 14.3 Å². The number of ether oxygens (including phenoxy) is 2. The number of hydrogen-bond acceptors (Lipinski definition) is 3. The van der Waals surface area contributed by atoms with E-state index in [4.69, 9.17) is 9.47 Å². The fourth-order valence-corrected chi connectivity index (χ4v) is 1.90. The summed E-state index contributed by atoms with van der Waals surface area (Å²) in [5.41, 5.74) is 1.39. The van der Waals surface area contributed by atoms with Crippen molar-refractivity contribution in [2.45, 2.75) is 47.0 Å². The summed E-state index contributed by atoms with van der Waals surface area (Å²) in [6.45, 7) is 8.52. The van der Waals surface area contributed by atoms with Crippen molar-refractivity contribution in [3.8, 4) is 11.5 Å². The first-order chi connectivity index (χ1) is 8.85. The molecule has 0 amide bonds. The fourth-order valence-electron chi connectivity index (χ4n) is 1.90. The zero-order chi connectivity index (χ0) is 14.5. The van der Waals surface area contributed by atoms with Crippen molar-refractivity contribution in [2.75, 3.05) is 7.11 Å². The van der Waals surface area contributed by atoms with Gasteiger partial charge in [-0.2, -0.15) is 0 Å². The van der Waals surface area contributed by atoms with E-state index in [0.717, 1.165) is 12.8 Å². The number of methoxy groups -OCH3 is 1. The van der Waals surface area contributed by atoms with Crippen LogP contribution in [0.15, 0.2) is 18.2 Å². The molecule has 0 fully saturated rings. The average Bonchev–Trinajstić information content (AvgIpc) is 2.29. The van der Waals surface area contributed by atoms with Gasteiger partial charge in [0.2, 0.25) is 0 Å². The van der Waals surface area contributed by atoms with Crippen LogP contribution in [0.3, 0.4) is 0 Å². The highest BCUT2D eigenvalue weighted by Crippen LogP contribution is 2.31. The maximum absolute atomic E-state index is 11.5. The normalized spacial score (nSPS) is 11.2. The third kappa shape index (κ3) is 5.33. The lowest BCUT2D eigenvalue weighted by atomic mass is 9.88. The Labute approximate surface area is 115 Å². The van der Waals surface area contributed by atoms with Crippen molar-refractivity contribution in [3.05, 3.63) is 23.8 Å². The second kappa shape index (κ2) is 6.60. The van der Waals surface area contributed by atoms with Gasteiger partial charge < -0.3 is 9.47 Å². The van der Waals surface area contributed by atoms with Crippen LogP contribution in [0.4, 0.5) is 0 Å². The molecule has 0 aliphatic heterocycles. The molecule has 0 spiro atoms. The van der Waals surface area contributed by atoms with Crippen LogP contribution in [-0.4, -0.2) is 13.1 Å². The van der Waals surface area contributed by atoms with Crippen LogP contribution in [0.1, 0.15) is 46.1 Å². The van der Waals surface area contributed by atoms with E-state index in [-0.39, 0.29) is 11.4 Å². The molecule has 106 valence electrons. The van der Waals surface area contributed by atoms with Gasteiger partial charge in [0.05, 0.1) is 7.11 Å². The zero-order valence-electron chi connectivity index (χ0n) is 12.6. The second-order valence-corrected chi connectivity index (χ2v) is 5.95. The summed E-state index contributed by atoms with van der Waals surface area (Å²) >= 11 is 0. The molecule has 0 radical (unpaired) electrons. The summed E-state index contributed by atoms with van der Waals surface area (Å²) in [4.78, 5) is 11.5. The first-order valence-electron chi connectivity index (χ1n) is 6.73. The van der Waals surface area contributed by atoms with Gasteiger partial charge >= 0.3 is 5.97 Å². The Hall–Kier alpha value is -1.51. The molecule has 0 saturated heterocycles. The van der Waals surface area contributed by atoms with Crippen molar-refractivity contribution in [2.24, 2.45) is 5.41 Å². The zero-order valence-corrected chi connectivity index (χ0v) is 12.6. The van der Waals surface area contributed by atoms with E-state index >= 15 is 0 Å². The lowest BCUT2D eigenvalue weighted by Crippen LogP contribution is -2.10. The SMILES string of the molecule is CCCC(=O)Oc1ccc(CC(C)(C)C)cc1OC. The first-order valence-corrected chi connectivity index (χ1v) is 6.73. The van der Waals surface area contributed by atoms with Crippen molar-refractivity contribution in [1.82, 2.24) is 0 Å². The van der Waals surface area contributed by atoms with Crippen molar-refractivity contribution >= 4 is 5.97 Å². The third-order valence-electron chi connectivity index (χ3n) is 2.64. The third-order valence-corrected chi connectivity index (χ3v) is 2.64. The maximum atomic E-state index is 11.5. The highest BCUT2D eigenvalue weighted by atomic mass is 16.6. The monoisotopic (exact) mass is 264 g/mol. The maximum Gasteiger partial charge on any atom is 0.311 e. The van der Waals surface area contributed by atoms with Crippen molar-refractivity contribution in [3.63, 3.8) is 0 Å². The number of hydrogen-bond donors (Lipinski definition) is 0. The molecule has 3 nitrogen and oxygen atoms in total. The second-order valence-electron chi connectivity index (χ2n) is 5.95. The lowest BCUT2D eigenvalue weighted by Gasteiger charge is -2.19. The number of carbonyl (C=O) groups is 1. The summed E-state index contributed by atoms with van der Waals surface area (Å²) < 4.78 is 10.6. The molecule has 19 heavy (non-hydrogen) atoms. The van der Waals surface area contributed by atoms with Gasteiger partial charge in [-0.1, -0.05) is 33.8 Å². The molecular formula is C16H24O3. The Morgan fingerprint density at radius 2 is 1.89 bits per heavy atom. The minimum Gasteiger partial charge on any atom is -0.493 e. The molecule has 1 aromatic rings. The average molecular weight is 264 g/mol. The van der Waals surface area contributed by atoms with Gasteiger partial charge in [-0.3, -0.25) is 4.79 Å². The minimum absolute atomic E-state index is 0.214. The molecule has 3 heteroatoms. The molecule has 0 saturated carbocycles. The van der Waals surface area contributed by atoms with Gasteiger partial charge in [0.25, 0.3) is 0 Å². The summed E-state index contributed by atoms with van der Waals surface area (Å²) in [6.07, 6.45) is 2.16. The standard InChI is InChI=1S/C16H24O3/c1-6-7-15(17)19-13-9-8-12(10-14(13)18-5)11-16(2,3)4/h8-10H,6-7,11H2,1-5H3. The van der Waals surface area contributed by atoms with Crippen LogP contribution in [-0.2, 0) is 11.2 Å². The molecule has 1 aromatic carbocycles. The van der Waals surface area contributed by atoms with Crippen LogP contribution in [0.5, 0.6) is 11.5 Å². The Bertz CT molecular complexity index is 430. The van der Waals surface area contributed by atoms with E-state index in [2.05, 4.69) is 20.8 Å². The molecule has 0 heterocycles. The van der Waals surface area contributed by atoms with Gasteiger partial charge in [0.1, 0.15) is 0 Å². The molecule has 0 unspecified atom stereocenters. The predicted octanol–water partition coefficient (Wildman–Crippen LogP) is 3.99. The summed E-state index contributed by atoms with van der Waals surface area (Å²) in [7, 11) is 1.59. The fraction of sp³-hybridized carbons (Fsp3) is 0.562. The predicted molar refractivity (Wildman–Crippen MR) is 76.7 cm³/mol. The van der Waals surface area contributed by atoms with Crippen LogP contribution in [0, 0.1) is 5.41 Å². The van der Waals surface area contributed by atoms with E-state index in [9.17, 15) is 4.79 Å². The largest absolute Gasteiger partial charge is 0.493 e. The Morgan fingerprint density at radius 3 is 2.42 bits per heavy atom. The molecule has 0 N–H and O–H groups in total. The summed E-state index contributed by atoms with van der Waals surface area (Å²) in [6, 6.07) is 5.75. The smallest absolute Gasteiger partial charge is 0.311 e. The van der Waals surface area contributed by atoms with Crippen molar-refractivity contribution in [1.29, 1.82) is 0 Å². The first kappa shape index (κ1) is 15.5. The van der Waals surface area contributed by atoms with Gasteiger partial charge in [0, 0.05) is 6.42 Å². The number of esters is 1. The van der Waals surface area contributed by atoms with E-state index in [1.165, 1.54) is 5.56 Å². The van der Waals surface area contributed by atoms with Crippen LogP contribution in [0.2, 0.25) is 0 Å². The molecule has 0 aliphatic carbocycles. The van der Waals surface area contributed by atoms with E-state index < -0.39 is 0 Å². The van der Waals surface area contributed by atoms with Crippen LogP contribution in [0.25, 0.3) is 0 Å². The van der Waals surface area contributed by atoms with E-state index in [1.807, 2.05) is 25.1 Å². The quantitative estimate of drug-likeness (QED) is 0.596. The Balaban J connectivity index is 2.87. The van der Waals surface area contributed by atoms with Gasteiger partial charge in [0.15, 0.2) is 11.5 Å². The molecular weight excluding hydrogens is 240 g/mol. The topological polar surface area (TPSA) is 35.5 Å². The molecule has 0 atom stereocenters. The Morgan fingerprint density at radius 1 is 1.21 bits per heavy atom. The highest BCUT2D eigenvalue weighted by Gasteiger charge is 2.14. The summed E-state index contributed by atoms with van der Waals surface area (Å²) in [5, 5.41) is 0. The summed E-state index contributed by atoms with van der Waals surface area (Å²) in [5.74, 6) is 0.897. The molecule has 0 aliphatic rings. The minimum atomic E-state index is -0.218. The highest BCUT2D eigenvalue weighted by molar-refractivity contribution is 5.73. The Kier molecular flexibility index (Phi) is 5.40. The molecule has 0 bridgehead atoms. The van der Waals surface area contributed by atoms with Crippen LogP contribution < -0.4 is 9.47 Å². The number of benzene rings is 1. The van der Waals surface area contributed by atoms with Gasteiger partial charge in [-0.25, -0.2) is 0 Å². The van der Waals surface area contributed by atoms with Gasteiger partial charge in [-0.05, 0) is 36.0 Å². The molecule has 0 aromatic heterocycles. The molecule has 1 rings (SSSR count). The van der Waals surface area contributed by atoms with E-state index in [0.29, 0.717) is 17.9 Å². The van der Waals surface area contributed by atoms with Crippen LogP contribution >= 0.6 is 0 Å². The number of rotatable bonds is 5. The lowest BCUT2D eigenvalue weighted by molar-refractivity contribution is -0.134.